The van der Waals surface area contributed by atoms with Gasteiger partial charge in [0.25, 0.3) is 0 Å². The largest absolute Gasteiger partial charge is 0.342 e. The van der Waals surface area contributed by atoms with Gasteiger partial charge in [0.2, 0.25) is 11.8 Å². The van der Waals surface area contributed by atoms with Crippen molar-refractivity contribution in [1.29, 1.82) is 0 Å². The van der Waals surface area contributed by atoms with Crippen LogP contribution in [0.25, 0.3) is 0 Å². The van der Waals surface area contributed by atoms with Crippen LogP contribution in [0, 0.1) is 0 Å². The van der Waals surface area contributed by atoms with Crippen molar-refractivity contribution in [1.82, 2.24) is 14.7 Å². The van der Waals surface area contributed by atoms with E-state index in [1.54, 1.807) is 0 Å². The molecule has 28 heavy (non-hydrogen) atoms. The van der Waals surface area contributed by atoms with Crippen molar-refractivity contribution in [3.05, 3.63) is 35.9 Å². The van der Waals surface area contributed by atoms with Crippen molar-refractivity contribution in [3.63, 3.8) is 0 Å². The average molecular weight is 431 g/mol. The third-order valence-corrected chi connectivity index (χ3v) is 5.38. The van der Waals surface area contributed by atoms with Gasteiger partial charge in [0.1, 0.15) is 0 Å². The summed E-state index contributed by atoms with van der Waals surface area (Å²) in [5, 5.41) is 0. The zero-order valence-electron chi connectivity index (χ0n) is 16.3. The van der Waals surface area contributed by atoms with Crippen LogP contribution < -0.4 is 5.73 Å². The number of nitrogens with two attached hydrogens (primary N) is 1. The van der Waals surface area contributed by atoms with E-state index < -0.39 is 0 Å². The van der Waals surface area contributed by atoms with E-state index >= 15 is 0 Å². The Balaban J connectivity index is 0.00000196. The maximum Gasteiger partial charge on any atom is 0.236 e. The number of nitrogens with zero attached hydrogens (tertiary/aromatic N) is 3. The summed E-state index contributed by atoms with van der Waals surface area (Å²) in [6.07, 6.45) is 3.47. The lowest BCUT2D eigenvalue weighted by atomic mass is 10.0. The molecule has 2 heterocycles. The Bertz CT molecular complexity index is 611. The molecule has 158 valence electrons. The first-order valence-electron chi connectivity index (χ1n) is 9.72. The molecule has 0 saturated carbocycles. The summed E-state index contributed by atoms with van der Waals surface area (Å²) in [7, 11) is 0. The van der Waals surface area contributed by atoms with E-state index in [-0.39, 0.29) is 42.7 Å². The maximum atomic E-state index is 12.6. The van der Waals surface area contributed by atoms with Gasteiger partial charge in [-0.2, -0.15) is 0 Å². The van der Waals surface area contributed by atoms with Crippen molar-refractivity contribution < 1.29 is 9.59 Å². The minimum atomic E-state index is -0.264. The molecule has 1 aromatic carbocycles. The van der Waals surface area contributed by atoms with Crippen LogP contribution in [0.4, 0.5) is 0 Å². The fourth-order valence-corrected chi connectivity index (χ4v) is 3.77. The average Bonchev–Trinajstić information content (AvgIpc) is 3.10. The molecule has 2 saturated heterocycles. The molecule has 1 atom stereocenters. The molecule has 0 aromatic heterocycles. The fraction of sp³-hybridized carbons (Fsp3) is 0.600. The first-order chi connectivity index (χ1) is 12.6. The van der Waals surface area contributed by atoms with Crippen LogP contribution in [0.2, 0.25) is 0 Å². The Labute approximate surface area is 180 Å². The maximum absolute atomic E-state index is 12.6. The number of hydrogen-bond donors (Lipinski definition) is 1. The van der Waals surface area contributed by atoms with E-state index in [2.05, 4.69) is 4.90 Å². The summed E-state index contributed by atoms with van der Waals surface area (Å²) in [5.41, 5.74) is 7.19. The molecule has 8 heteroatoms. The van der Waals surface area contributed by atoms with Crippen LogP contribution in [0.1, 0.15) is 37.3 Å². The molecule has 0 spiro atoms. The number of rotatable bonds is 5. The second-order valence-electron chi connectivity index (χ2n) is 7.32. The van der Waals surface area contributed by atoms with E-state index in [1.165, 1.54) is 0 Å². The van der Waals surface area contributed by atoms with Crippen molar-refractivity contribution in [3.8, 4) is 0 Å². The topological polar surface area (TPSA) is 69.9 Å². The minimum absolute atomic E-state index is 0. The van der Waals surface area contributed by atoms with E-state index in [0.717, 1.165) is 57.5 Å². The monoisotopic (exact) mass is 430 g/mol. The van der Waals surface area contributed by atoms with Gasteiger partial charge in [0.15, 0.2) is 0 Å². The fourth-order valence-electron chi connectivity index (χ4n) is 3.77. The summed E-state index contributed by atoms with van der Waals surface area (Å²) in [6, 6.07) is 9.50. The summed E-state index contributed by atoms with van der Waals surface area (Å²) < 4.78 is 0. The van der Waals surface area contributed by atoms with E-state index in [0.29, 0.717) is 19.5 Å². The lowest BCUT2D eigenvalue weighted by Gasteiger charge is -2.24. The number of likely N-dealkylation sites (tertiary alicyclic amines) is 1. The molecule has 0 aliphatic carbocycles. The van der Waals surface area contributed by atoms with Crippen molar-refractivity contribution in [2.45, 2.75) is 31.7 Å². The molecule has 0 radical (unpaired) electrons. The molecule has 2 fully saturated rings. The molecule has 1 unspecified atom stereocenters. The number of hydrogen-bond acceptors (Lipinski definition) is 4. The Morgan fingerprint density at radius 2 is 1.43 bits per heavy atom. The molecule has 2 aliphatic rings. The van der Waals surface area contributed by atoms with E-state index in [4.69, 9.17) is 5.73 Å². The van der Waals surface area contributed by atoms with Crippen LogP contribution in [0.3, 0.4) is 0 Å². The van der Waals surface area contributed by atoms with Crippen LogP contribution in [-0.2, 0) is 9.59 Å². The molecule has 2 aliphatic heterocycles. The van der Waals surface area contributed by atoms with Crippen molar-refractivity contribution in [2.24, 2.45) is 5.73 Å². The van der Waals surface area contributed by atoms with Gasteiger partial charge in [-0.05, 0) is 24.8 Å². The molecule has 0 bridgehead atoms. The molecule has 1 aromatic rings. The Morgan fingerprint density at radius 1 is 0.821 bits per heavy atom. The SMILES string of the molecule is Cl.Cl.NC(CC(=O)N1CCCN(CC(=O)N2CCCC2)CC1)c1ccccc1. The number of halogens is 2. The van der Waals surface area contributed by atoms with Gasteiger partial charge in [-0.1, -0.05) is 30.3 Å². The summed E-state index contributed by atoms with van der Waals surface area (Å²) >= 11 is 0. The molecule has 2 N–H and O–H groups in total. The zero-order valence-corrected chi connectivity index (χ0v) is 17.9. The lowest BCUT2D eigenvalue weighted by molar-refractivity contribution is -0.131. The number of carbonyl (C=O) groups is 2. The van der Waals surface area contributed by atoms with Crippen LogP contribution in [0.5, 0.6) is 0 Å². The van der Waals surface area contributed by atoms with Gasteiger partial charge in [-0.3, -0.25) is 14.5 Å². The second-order valence-corrected chi connectivity index (χ2v) is 7.32. The highest BCUT2D eigenvalue weighted by Crippen LogP contribution is 2.16. The van der Waals surface area contributed by atoms with E-state index in [9.17, 15) is 9.59 Å². The quantitative estimate of drug-likeness (QED) is 0.775. The zero-order chi connectivity index (χ0) is 18.4. The smallest absolute Gasteiger partial charge is 0.236 e. The first kappa shape index (κ1) is 24.7. The third-order valence-electron chi connectivity index (χ3n) is 5.38. The highest BCUT2D eigenvalue weighted by Gasteiger charge is 2.24. The molecule has 3 rings (SSSR count). The minimum Gasteiger partial charge on any atom is -0.342 e. The summed E-state index contributed by atoms with van der Waals surface area (Å²) in [5.74, 6) is 0.336. The molecular formula is C20H32Cl2N4O2. The standard InChI is InChI=1S/C20H30N4O2.2ClH/c21-18(17-7-2-1-3-8-17)15-19(25)24-12-6-9-22(13-14-24)16-20(26)23-10-4-5-11-23;;/h1-3,7-8,18H,4-6,9-16,21H2;2*1H. The van der Waals surface area contributed by atoms with Crippen LogP contribution in [0.15, 0.2) is 30.3 Å². The Hall–Kier alpha value is -1.34. The van der Waals surface area contributed by atoms with Gasteiger partial charge in [0.05, 0.1) is 6.54 Å². The predicted molar refractivity (Wildman–Crippen MR) is 116 cm³/mol. The predicted octanol–water partition coefficient (Wildman–Crippen LogP) is 2.08. The highest BCUT2D eigenvalue weighted by molar-refractivity contribution is 5.85. The van der Waals surface area contributed by atoms with Gasteiger partial charge >= 0.3 is 0 Å². The van der Waals surface area contributed by atoms with Gasteiger partial charge in [-0.15, -0.1) is 24.8 Å². The van der Waals surface area contributed by atoms with Crippen LogP contribution >= 0.6 is 24.8 Å². The van der Waals surface area contributed by atoms with E-state index in [1.807, 2.05) is 40.1 Å². The molecular weight excluding hydrogens is 399 g/mol. The van der Waals surface area contributed by atoms with Crippen molar-refractivity contribution in [2.75, 3.05) is 45.8 Å². The van der Waals surface area contributed by atoms with Gasteiger partial charge in [0, 0.05) is 51.7 Å². The molecule has 2 amide bonds. The van der Waals surface area contributed by atoms with Crippen molar-refractivity contribution >= 4 is 36.6 Å². The highest BCUT2D eigenvalue weighted by atomic mass is 35.5. The summed E-state index contributed by atoms with van der Waals surface area (Å²) in [6.45, 7) is 5.32. The van der Waals surface area contributed by atoms with Gasteiger partial charge in [-0.25, -0.2) is 0 Å². The second kappa shape index (κ2) is 12.3. The number of benzene rings is 1. The van der Waals surface area contributed by atoms with Crippen LogP contribution in [-0.4, -0.2) is 72.3 Å². The Morgan fingerprint density at radius 3 is 2.11 bits per heavy atom. The van der Waals surface area contributed by atoms with Gasteiger partial charge < -0.3 is 15.5 Å². The lowest BCUT2D eigenvalue weighted by Crippen LogP contribution is -2.41. The normalized spacial score (nSPS) is 18.6. The number of amides is 2. The first-order valence-corrected chi connectivity index (χ1v) is 9.72. The molecule has 6 nitrogen and oxygen atoms in total. The third kappa shape index (κ3) is 6.92. The Kier molecular flexibility index (Phi) is 10.8. The summed E-state index contributed by atoms with van der Waals surface area (Å²) in [4.78, 5) is 31.0. The number of carbonyl (C=O) groups excluding carboxylic acids is 2.